The highest BCUT2D eigenvalue weighted by Gasteiger charge is 2.32. The second kappa shape index (κ2) is 12.3. The van der Waals surface area contributed by atoms with Gasteiger partial charge in [-0.25, -0.2) is 4.79 Å². The van der Waals surface area contributed by atoms with Crippen molar-refractivity contribution in [2.75, 3.05) is 6.61 Å². The van der Waals surface area contributed by atoms with Crippen LogP contribution in [0.2, 0.25) is 0 Å². The summed E-state index contributed by atoms with van der Waals surface area (Å²) < 4.78 is 0. The minimum atomic E-state index is -1.34. The number of benzene rings is 1. The van der Waals surface area contributed by atoms with E-state index in [4.69, 9.17) is 5.73 Å². The number of aliphatic hydroxyl groups excluding tert-OH is 1. The SMILES string of the molecule is CC(C)C(NC(=O)C(NC(=O)C(CO)NC(=O)C(N)Cc1c[nH]c2ccccc12)C(C)C)C(=O)O. The van der Waals surface area contributed by atoms with Gasteiger partial charge in [-0.1, -0.05) is 45.9 Å². The average Bonchev–Trinajstić information content (AvgIpc) is 3.20. The van der Waals surface area contributed by atoms with Crippen molar-refractivity contribution in [2.24, 2.45) is 17.6 Å². The Morgan fingerprint density at radius 2 is 1.51 bits per heavy atom. The molecule has 1 aromatic heterocycles. The molecule has 0 aliphatic carbocycles. The summed E-state index contributed by atoms with van der Waals surface area (Å²) in [7, 11) is 0. The highest BCUT2D eigenvalue weighted by molar-refractivity contribution is 5.94. The number of hydrogen-bond acceptors (Lipinski definition) is 6. The lowest BCUT2D eigenvalue weighted by molar-refractivity contribution is -0.144. The maximum atomic E-state index is 12.8. The first-order valence-electron chi connectivity index (χ1n) is 11.5. The molecule has 35 heavy (non-hydrogen) atoms. The van der Waals surface area contributed by atoms with Gasteiger partial charge in [-0.2, -0.15) is 0 Å². The molecule has 4 atom stereocenters. The lowest BCUT2D eigenvalue weighted by Crippen LogP contribution is -2.59. The van der Waals surface area contributed by atoms with Crippen molar-refractivity contribution in [3.8, 4) is 0 Å². The molecule has 0 saturated carbocycles. The third-order valence-electron chi connectivity index (χ3n) is 5.74. The van der Waals surface area contributed by atoms with Gasteiger partial charge < -0.3 is 36.9 Å². The number of H-pyrrole nitrogens is 1. The summed E-state index contributed by atoms with van der Waals surface area (Å²) in [5.74, 6) is -4.05. The Kier molecular flexibility index (Phi) is 9.78. The van der Waals surface area contributed by atoms with Crippen LogP contribution in [0, 0.1) is 11.8 Å². The van der Waals surface area contributed by atoms with E-state index in [9.17, 15) is 29.4 Å². The molecule has 11 heteroatoms. The number of fused-ring (bicyclic) bond motifs is 1. The Labute approximate surface area is 203 Å². The van der Waals surface area contributed by atoms with Crippen LogP contribution in [0.4, 0.5) is 0 Å². The normalized spacial score (nSPS) is 14.9. The lowest BCUT2D eigenvalue weighted by atomic mass is 10.00. The lowest BCUT2D eigenvalue weighted by Gasteiger charge is -2.27. The first-order chi connectivity index (χ1) is 16.5. The van der Waals surface area contributed by atoms with Crippen molar-refractivity contribution >= 4 is 34.6 Å². The number of aliphatic hydroxyl groups is 1. The fourth-order valence-electron chi connectivity index (χ4n) is 3.65. The Morgan fingerprint density at radius 1 is 0.914 bits per heavy atom. The number of carbonyl (C=O) groups excluding carboxylic acids is 3. The highest BCUT2D eigenvalue weighted by Crippen LogP contribution is 2.18. The zero-order chi connectivity index (χ0) is 26.3. The van der Waals surface area contributed by atoms with Crippen molar-refractivity contribution in [1.82, 2.24) is 20.9 Å². The van der Waals surface area contributed by atoms with E-state index < -0.39 is 54.5 Å². The zero-order valence-electron chi connectivity index (χ0n) is 20.4. The number of nitrogens with two attached hydrogens (primary N) is 1. The molecule has 2 rings (SSSR count). The Hall–Kier alpha value is -3.44. The van der Waals surface area contributed by atoms with Gasteiger partial charge >= 0.3 is 5.97 Å². The molecule has 0 fully saturated rings. The number of aromatic amines is 1. The van der Waals surface area contributed by atoms with Crippen molar-refractivity contribution in [3.63, 3.8) is 0 Å². The summed E-state index contributed by atoms with van der Waals surface area (Å²) in [6.45, 7) is 5.95. The van der Waals surface area contributed by atoms with Crippen LogP contribution in [0.15, 0.2) is 30.5 Å². The zero-order valence-corrected chi connectivity index (χ0v) is 20.4. The molecule has 0 aliphatic rings. The van der Waals surface area contributed by atoms with Crippen molar-refractivity contribution in [3.05, 3.63) is 36.0 Å². The molecule has 0 aliphatic heterocycles. The topological polar surface area (TPSA) is 187 Å². The Balaban J connectivity index is 2.03. The number of aliphatic carboxylic acids is 1. The fraction of sp³-hybridized carbons (Fsp3) is 0.500. The smallest absolute Gasteiger partial charge is 0.326 e. The number of carbonyl (C=O) groups is 4. The van der Waals surface area contributed by atoms with Gasteiger partial charge in [0.1, 0.15) is 18.1 Å². The standard InChI is InChI=1S/C24H35N5O6/c1-12(2)19(23(33)29-20(13(3)4)24(34)35)28-22(32)18(11-30)27-21(31)16(25)9-14-10-26-17-8-6-5-7-15(14)17/h5-8,10,12-13,16,18-20,26,30H,9,11,25H2,1-4H3,(H,27,31)(H,28,32)(H,29,33)(H,34,35). The molecule has 1 heterocycles. The van der Waals surface area contributed by atoms with Crippen LogP contribution >= 0.6 is 0 Å². The summed E-state index contributed by atoms with van der Waals surface area (Å²) in [6.07, 6.45) is 1.97. The van der Waals surface area contributed by atoms with E-state index in [0.717, 1.165) is 16.5 Å². The number of nitrogens with one attached hydrogen (secondary N) is 4. The van der Waals surface area contributed by atoms with Crippen LogP contribution in [0.3, 0.4) is 0 Å². The molecule has 0 saturated heterocycles. The number of rotatable bonds is 12. The molecule has 192 valence electrons. The predicted molar refractivity (Wildman–Crippen MR) is 130 cm³/mol. The minimum Gasteiger partial charge on any atom is -0.480 e. The molecule has 8 N–H and O–H groups in total. The fourth-order valence-corrected chi connectivity index (χ4v) is 3.65. The van der Waals surface area contributed by atoms with Crippen LogP contribution in [0.1, 0.15) is 33.3 Å². The molecule has 4 unspecified atom stereocenters. The summed E-state index contributed by atoms with van der Waals surface area (Å²) in [5.41, 5.74) is 7.79. The highest BCUT2D eigenvalue weighted by atomic mass is 16.4. The van der Waals surface area contributed by atoms with Gasteiger partial charge in [0.15, 0.2) is 0 Å². The summed E-state index contributed by atoms with van der Waals surface area (Å²) >= 11 is 0. The largest absolute Gasteiger partial charge is 0.480 e. The summed E-state index contributed by atoms with van der Waals surface area (Å²) in [4.78, 5) is 52.6. The number of aromatic nitrogens is 1. The third kappa shape index (κ3) is 7.27. The molecular weight excluding hydrogens is 454 g/mol. The Morgan fingerprint density at radius 3 is 2.09 bits per heavy atom. The van der Waals surface area contributed by atoms with Crippen molar-refractivity contribution in [1.29, 1.82) is 0 Å². The molecule has 0 spiro atoms. The predicted octanol–water partition coefficient (Wildman–Crippen LogP) is -0.119. The van der Waals surface area contributed by atoms with Gasteiger partial charge in [-0.15, -0.1) is 0 Å². The van der Waals surface area contributed by atoms with Gasteiger partial charge in [0.2, 0.25) is 17.7 Å². The van der Waals surface area contributed by atoms with E-state index in [-0.39, 0.29) is 18.3 Å². The third-order valence-corrected chi connectivity index (χ3v) is 5.74. The molecule has 11 nitrogen and oxygen atoms in total. The summed E-state index contributed by atoms with van der Waals surface area (Å²) in [5, 5.41) is 27.3. The number of hydrogen-bond donors (Lipinski definition) is 7. The summed E-state index contributed by atoms with van der Waals surface area (Å²) in [6, 6.07) is 3.03. The van der Waals surface area contributed by atoms with Gasteiger partial charge in [-0.05, 0) is 29.9 Å². The van der Waals surface area contributed by atoms with Gasteiger partial charge in [0, 0.05) is 17.1 Å². The maximum absolute atomic E-state index is 12.8. The van der Waals surface area contributed by atoms with E-state index in [1.54, 1.807) is 33.9 Å². The van der Waals surface area contributed by atoms with E-state index in [1.165, 1.54) is 0 Å². The van der Waals surface area contributed by atoms with Gasteiger partial charge in [-0.3, -0.25) is 14.4 Å². The second-order valence-electron chi connectivity index (χ2n) is 9.21. The first-order valence-corrected chi connectivity index (χ1v) is 11.5. The monoisotopic (exact) mass is 489 g/mol. The van der Waals surface area contributed by atoms with E-state index >= 15 is 0 Å². The quantitative estimate of drug-likeness (QED) is 0.216. The number of carboxylic acids is 1. The van der Waals surface area contributed by atoms with Gasteiger partial charge in [0.25, 0.3) is 0 Å². The van der Waals surface area contributed by atoms with Crippen LogP contribution in [0.5, 0.6) is 0 Å². The second-order valence-corrected chi connectivity index (χ2v) is 9.21. The first kappa shape index (κ1) is 27.8. The van der Waals surface area contributed by atoms with Crippen LogP contribution in [-0.4, -0.2) is 69.7 Å². The molecule has 0 bridgehead atoms. The van der Waals surface area contributed by atoms with E-state index in [0.29, 0.717) is 0 Å². The number of carboxylic acid groups (broad SMARTS) is 1. The minimum absolute atomic E-state index is 0.207. The van der Waals surface area contributed by atoms with E-state index in [2.05, 4.69) is 20.9 Å². The molecular formula is C24H35N5O6. The number of para-hydroxylation sites is 1. The molecule has 2 aromatic rings. The molecule has 1 aromatic carbocycles. The van der Waals surface area contributed by atoms with Crippen LogP contribution in [-0.2, 0) is 25.6 Å². The van der Waals surface area contributed by atoms with Crippen molar-refractivity contribution < 1.29 is 29.4 Å². The van der Waals surface area contributed by atoms with Crippen LogP contribution in [0.25, 0.3) is 10.9 Å². The average molecular weight is 490 g/mol. The molecule has 0 radical (unpaired) electrons. The van der Waals surface area contributed by atoms with Gasteiger partial charge in [0.05, 0.1) is 12.6 Å². The molecule has 3 amide bonds. The van der Waals surface area contributed by atoms with Crippen LogP contribution < -0.4 is 21.7 Å². The maximum Gasteiger partial charge on any atom is 0.326 e. The Bertz CT molecular complexity index is 1050. The van der Waals surface area contributed by atoms with Crippen molar-refractivity contribution in [2.45, 2.75) is 58.3 Å². The number of amides is 3. The van der Waals surface area contributed by atoms with E-state index in [1.807, 2.05) is 24.3 Å².